The highest BCUT2D eigenvalue weighted by atomic mass is 16.8. The lowest BCUT2D eigenvalue weighted by atomic mass is 9.44. The molecule has 4 aliphatic carbocycles. The van der Waals surface area contributed by atoms with Crippen LogP contribution < -0.4 is 0 Å². The van der Waals surface area contributed by atoms with E-state index in [1.165, 1.54) is 26.7 Å². The van der Waals surface area contributed by atoms with Crippen molar-refractivity contribution >= 4 is 0 Å². The Morgan fingerprint density at radius 3 is 1.85 bits per heavy atom. The predicted molar refractivity (Wildman–Crippen MR) is 213 cm³/mol. The van der Waals surface area contributed by atoms with Crippen molar-refractivity contribution in [2.75, 3.05) is 13.2 Å². The molecule has 16 heteroatoms. The standard InChI is InChI=1S/C45H74O16/c1-19-9-14-45(54-18-19)20(2)30-28(61-45)16-27-25-8-7-23-15-24(10-12-43(23,5)26(25)11-13-44(27,30)6)57-42-39(60-41-36(52)34(50)32(48)22(4)56-41)37(53)38(29(17-46)58-42)59-40-35(51)33(49)31(47)21(3)55-40/h19-42,46-53H,7-18H2,1-6H3/t19?,20-,21+,22-,23-,24-,25+,26?,27?,28-,29+,30-,31+,32-,33-,34+,35-,36+,37-,38+,39+,40-,41-,42+,43-,44-,45+/m0/s1. The highest BCUT2D eigenvalue weighted by Gasteiger charge is 2.69. The fourth-order valence-electron chi connectivity index (χ4n) is 14.6. The second kappa shape index (κ2) is 16.9. The molecular formula is C45H74O16. The zero-order valence-corrected chi connectivity index (χ0v) is 36.7. The van der Waals surface area contributed by atoms with Gasteiger partial charge in [0.05, 0.1) is 37.6 Å². The van der Waals surface area contributed by atoms with E-state index in [4.69, 9.17) is 37.9 Å². The van der Waals surface area contributed by atoms with Gasteiger partial charge in [0.25, 0.3) is 0 Å². The molecule has 27 atom stereocenters. The molecule has 1 spiro atoms. The van der Waals surface area contributed by atoms with E-state index in [9.17, 15) is 40.9 Å². The van der Waals surface area contributed by atoms with Crippen LogP contribution >= 0.6 is 0 Å². The first-order chi connectivity index (χ1) is 28.9. The van der Waals surface area contributed by atoms with E-state index in [1.54, 1.807) is 0 Å². The van der Waals surface area contributed by atoms with Crippen LogP contribution in [-0.2, 0) is 37.9 Å². The summed E-state index contributed by atoms with van der Waals surface area (Å²) in [6, 6.07) is 0. The second-order valence-electron chi connectivity index (χ2n) is 21.5. The molecule has 0 amide bonds. The molecule has 0 radical (unpaired) electrons. The van der Waals surface area contributed by atoms with Crippen LogP contribution in [0.1, 0.15) is 106 Å². The Labute approximate surface area is 359 Å². The van der Waals surface area contributed by atoms with Gasteiger partial charge in [0, 0.05) is 12.3 Å². The van der Waals surface area contributed by atoms with Crippen molar-refractivity contribution in [2.45, 2.75) is 216 Å². The number of hydrogen-bond donors (Lipinski definition) is 8. The van der Waals surface area contributed by atoms with Gasteiger partial charge in [0.2, 0.25) is 0 Å². The number of aliphatic hydroxyl groups excluding tert-OH is 8. The van der Waals surface area contributed by atoms with Crippen LogP contribution in [0.25, 0.3) is 0 Å². The minimum Gasteiger partial charge on any atom is -0.394 e. The Bertz CT molecular complexity index is 1530. The van der Waals surface area contributed by atoms with Crippen molar-refractivity contribution in [3.63, 3.8) is 0 Å². The summed E-state index contributed by atoms with van der Waals surface area (Å²) in [4.78, 5) is 0. The van der Waals surface area contributed by atoms with E-state index < -0.39 is 105 Å². The zero-order chi connectivity index (χ0) is 43.5. The van der Waals surface area contributed by atoms with Crippen molar-refractivity contribution in [3.8, 4) is 0 Å². The molecule has 350 valence electrons. The van der Waals surface area contributed by atoms with Crippen LogP contribution in [-0.4, -0.2) is 164 Å². The summed E-state index contributed by atoms with van der Waals surface area (Å²) < 4.78 is 50.3. The molecule has 5 heterocycles. The topological polar surface area (TPSA) is 236 Å². The molecule has 9 fully saturated rings. The lowest BCUT2D eigenvalue weighted by molar-refractivity contribution is -0.389. The monoisotopic (exact) mass is 870 g/mol. The van der Waals surface area contributed by atoms with Crippen LogP contribution in [0, 0.1) is 52.3 Å². The van der Waals surface area contributed by atoms with Crippen LogP contribution in [0.5, 0.6) is 0 Å². The first-order valence-corrected chi connectivity index (χ1v) is 23.5. The molecule has 3 unspecified atom stereocenters. The fraction of sp³-hybridized carbons (Fsp3) is 1.00. The average Bonchev–Trinajstić information content (AvgIpc) is 3.69. The summed E-state index contributed by atoms with van der Waals surface area (Å²) in [5.74, 6) is 3.27. The van der Waals surface area contributed by atoms with E-state index in [1.807, 2.05) is 0 Å². The molecule has 0 aromatic carbocycles. The zero-order valence-electron chi connectivity index (χ0n) is 36.7. The SMILES string of the molecule is CC1CC[C@@]2(OC1)O[C@H]1CC3[C@@H]4CC[C@H]5C[C@@H](O[C@@H]6O[C@H](CO)[C@@H](O[C@@H]7O[C@H](C)[C@@H](O)[C@H](O)[C@@H]7O)[C@H](O)[C@H]6O[C@@H]6O[C@@H](C)[C@H](O)[C@@H](O)[C@H]6O)CC[C@]5(C)C4CC[C@]3(C)[C@H]1[C@@H]2C. The highest BCUT2D eigenvalue weighted by molar-refractivity contribution is 5.15. The van der Waals surface area contributed by atoms with Gasteiger partial charge in [-0.2, -0.15) is 0 Å². The van der Waals surface area contributed by atoms with Gasteiger partial charge < -0.3 is 78.7 Å². The van der Waals surface area contributed by atoms with Gasteiger partial charge in [-0.1, -0.05) is 27.7 Å². The van der Waals surface area contributed by atoms with Crippen molar-refractivity contribution in [3.05, 3.63) is 0 Å². The van der Waals surface area contributed by atoms with Crippen LogP contribution in [0.15, 0.2) is 0 Å². The molecule has 0 aromatic heterocycles. The molecule has 0 bridgehead atoms. The summed E-state index contributed by atoms with van der Waals surface area (Å²) in [6.45, 7) is 12.9. The third kappa shape index (κ3) is 7.50. The summed E-state index contributed by atoms with van der Waals surface area (Å²) in [5.41, 5.74) is 0.350. The van der Waals surface area contributed by atoms with Gasteiger partial charge in [-0.15, -0.1) is 0 Å². The molecule has 61 heavy (non-hydrogen) atoms. The summed E-state index contributed by atoms with van der Waals surface area (Å²) in [5, 5.41) is 85.9. The highest BCUT2D eigenvalue weighted by Crippen LogP contribution is 2.71. The third-order valence-electron chi connectivity index (χ3n) is 18.2. The van der Waals surface area contributed by atoms with E-state index in [0.717, 1.165) is 58.0 Å². The number of ether oxygens (including phenoxy) is 8. The van der Waals surface area contributed by atoms with E-state index >= 15 is 0 Å². The summed E-state index contributed by atoms with van der Waals surface area (Å²) in [7, 11) is 0. The average molecular weight is 871 g/mol. The van der Waals surface area contributed by atoms with Crippen molar-refractivity contribution in [1.82, 2.24) is 0 Å². The van der Waals surface area contributed by atoms with Gasteiger partial charge in [0.15, 0.2) is 24.7 Å². The summed E-state index contributed by atoms with van der Waals surface area (Å²) >= 11 is 0. The minimum absolute atomic E-state index is 0.122. The Kier molecular flexibility index (Phi) is 12.6. The van der Waals surface area contributed by atoms with Gasteiger partial charge >= 0.3 is 0 Å². The first kappa shape index (κ1) is 45.5. The molecular weight excluding hydrogens is 796 g/mol. The van der Waals surface area contributed by atoms with Crippen molar-refractivity contribution in [2.24, 2.45) is 52.3 Å². The smallest absolute Gasteiger partial charge is 0.187 e. The summed E-state index contributed by atoms with van der Waals surface area (Å²) in [6.07, 6.45) is -11.0. The molecule has 4 saturated carbocycles. The third-order valence-corrected chi connectivity index (χ3v) is 18.2. The maximum atomic E-state index is 12.0. The Hall–Kier alpha value is -0.640. The molecule has 16 nitrogen and oxygen atoms in total. The van der Waals surface area contributed by atoms with Gasteiger partial charge in [0.1, 0.15) is 61.0 Å². The molecule has 0 aromatic rings. The largest absolute Gasteiger partial charge is 0.394 e. The first-order valence-electron chi connectivity index (χ1n) is 23.5. The molecule has 9 aliphatic rings. The van der Waals surface area contributed by atoms with Gasteiger partial charge in [-0.05, 0) is 118 Å². The van der Waals surface area contributed by atoms with E-state index in [0.29, 0.717) is 41.4 Å². The molecule has 9 rings (SSSR count). The normalized spacial score (nSPS) is 59.7. The van der Waals surface area contributed by atoms with Crippen LogP contribution in [0.3, 0.4) is 0 Å². The lowest BCUT2D eigenvalue weighted by Crippen LogP contribution is -2.66. The number of aliphatic hydroxyl groups is 8. The van der Waals surface area contributed by atoms with Crippen LogP contribution in [0.2, 0.25) is 0 Å². The number of rotatable bonds is 7. The second-order valence-corrected chi connectivity index (χ2v) is 21.5. The van der Waals surface area contributed by atoms with E-state index in [2.05, 4.69) is 27.7 Å². The van der Waals surface area contributed by atoms with E-state index in [-0.39, 0.29) is 23.0 Å². The number of hydrogen-bond acceptors (Lipinski definition) is 16. The fourth-order valence-corrected chi connectivity index (χ4v) is 14.6. The Morgan fingerprint density at radius 2 is 1.23 bits per heavy atom. The minimum atomic E-state index is -1.70. The van der Waals surface area contributed by atoms with Gasteiger partial charge in [-0.3, -0.25) is 0 Å². The Balaban J connectivity index is 0.897. The molecule has 5 saturated heterocycles. The quantitative estimate of drug-likeness (QED) is 0.169. The Morgan fingerprint density at radius 1 is 0.590 bits per heavy atom. The maximum absolute atomic E-state index is 12.0. The van der Waals surface area contributed by atoms with Crippen LogP contribution in [0.4, 0.5) is 0 Å². The number of fused-ring (bicyclic) bond motifs is 7. The molecule has 8 N–H and O–H groups in total. The van der Waals surface area contributed by atoms with Crippen molar-refractivity contribution in [1.29, 1.82) is 0 Å². The predicted octanol–water partition coefficient (Wildman–Crippen LogP) is 1.32. The molecule has 5 aliphatic heterocycles. The lowest BCUT2D eigenvalue weighted by Gasteiger charge is -2.61. The maximum Gasteiger partial charge on any atom is 0.187 e. The van der Waals surface area contributed by atoms with Crippen molar-refractivity contribution < 1.29 is 78.7 Å². The van der Waals surface area contributed by atoms with Gasteiger partial charge in [-0.25, -0.2) is 0 Å².